The maximum atomic E-state index is 10.5. The Bertz CT molecular complexity index is 355. The highest BCUT2D eigenvalue weighted by atomic mass is 16.4. The fourth-order valence-electron chi connectivity index (χ4n) is 2.20. The van der Waals surface area contributed by atoms with Crippen molar-refractivity contribution >= 4 is 5.97 Å². The van der Waals surface area contributed by atoms with Crippen molar-refractivity contribution in [3.63, 3.8) is 0 Å². The van der Waals surface area contributed by atoms with Gasteiger partial charge in [0.05, 0.1) is 6.04 Å². The number of hydrogen-bond acceptors (Lipinski definition) is 2. The number of carboxylic acids is 1. The summed E-state index contributed by atoms with van der Waals surface area (Å²) in [6.07, 6.45) is 11.3. The summed E-state index contributed by atoms with van der Waals surface area (Å²) in [4.78, 5) is 12.7. The molecule has 0 fully saturated rings. The Morgan fingerprint density at radius 1 is 1.53 bits per heavy atom. The topological polar surface area (TPSA) is 40.5 Å². The number of carbonyl (C=O) groups is 1. The average molecular weight is 205 g/mol. The molecule has 0 aromatic carbocycles. The minimum absolute atomic E-state index is 0.223. The summed E-state index contributed by atoms with van der Waals surface area (Å²) in [6, 6.07) is 0.388. The zero-order chi connectivity index (χ0) is 10.8. The van der Waals surface area contributed by atoms with Crippen molar-refractivity contribution in [2.45, 2.75) is 18.9 Å². The van der Waals surface area contributed by atoms with Crippen molar-refractivity contribution in [1.29, 1.82) is 0 Å². The molecule has 1 aliphatic heterocycles. The van der Waals surface area contributed by atoms with Gasteiger partial charge in [-0.2, -0.15) is 0 Å². The van der Waals surface area contributed by atoms with Gasteiger partial charge in [0.15, 0.2) is 0 Å². The Kier molecular flexibility index (Phi) is 2.62. The zero-order valence-electron chi connectivity index (χ0n) is 8.76. The zero-order valence-corrected chi connectivity index (χ0v) is 8.76. The van der Waals surface area contributed by atoms with Gasteiger partial charge in [-0.1, -0.05) is 29.9 Å². The first kappa shape index (κ1) is 10.0. The highest BCUT2D eigenvalue weighted by Gasteiger charge is 2.29. The molecule has 15 heavy (non-hydrogen) atoms. The van der Waals surface area contributed by atoms with E-state index in [1.165, 1.54) is 5.57 Å². The third-order valence-electron chi connectivity index (χ3n) is 3.04. The van der Waals surface area contributed by atoms with Gasteiger partial charge in [-0.15, -0.1) is 0 Å². The second-order valence-corrected chi connectivity index (χ2v) is 4.04. The van der Waals surface area contributed by atoms with Crippen molar-refractivity contribution in [1.82, 2.24) is 4.90 Å². The number of hydrogen-bond donors (Lipinski definition) is 1. The molecule has 0 aromatic rings. The molecule has 0 radical (unpaired) electrons. The van der Waals surface area contributed by atoms with Crippen LogP contribution in [0.3, 0.4) is 0 Å². The van der Waals surface area contributed by atoms with Crippen LogP contribution in [-0.4, -0.2) is 29.1 Å². The Balaban J connectivity index is 2.06. The molecule has 80 valence electrons. The molecular formula is C12H15NO2. The van der Waals surface area contributed by atoms with Gasteiger partial charge in [0.25, 0.3) is 0 Å². The molecule has 3 nitrogen and oxygen atoms in total. The van der Waals surface area contributed by atoms with Crippen molar-refractivity contribution in [2.75, 3.05) is 7.05 Å². The fraction of sp³-hybridized carbons (Fsp3) is 0.417. The summed E-state index contributed by atoms with van der Waals surface area (Å²) in [5, 5.41) is 8.66. The molecule has 0 aromatic heterocycles. The van der Waals surface area contributed by atoms with Crippen molar-refractivity contribution < 1.29 is 9.90 Å². The number of rotatable bonds is 3. The minimum Gasteiger partial charge on any atom is -0.481 e. The largest absolute Gasteiger partial charge is 0.481 e. The van der Waals surface area contributed by atoms with Crippen LogP contribution >= 0.6 is 0 Å². The van der Waals surface area contributed by atoms with Gasteiger partial charge in [-0.05, 0) is 12.6 Å². The Morgan fingerprint density at radius 2 is 2.33 bits per heavy atom. The molecule has 2 rings (SSSR count). The van der Waals surface area contributed by atoms with E-state index >= 15 is 0 Å². The molecule has 1 N–H and O–H groups in total. The van der Waals surface area contributed by atoms with Gasteiger partial charge < -0.3 is 10.0 Å². The molecule has 2 aliphatic rings. The van der Waals surface area contributed by atoms with E-state index in [0.29, 0.717) is 18.4 Å². The maximum Gasteiger partial charge on any atom is 0.303 e. The lowest BCUT2D eigenvalue weighted by Crippen LogP contribution is -2.29. The number of likely N-dealkylation sites (N-methyl/N-ethyl adjacent to an activating group) is 1. The molecule has 0 bridgehead atoms. The quantitative estimate of drug-likeness (QED) is 0.763. The van der Waals surface area contributed by atoms with Gasteiger partial charge in [0.1, 0.15) is 0 Å². The first-order valence-corrected chi connectivity index (χ1v) is 5.18. The summed E-state index contributed by atoms with van der Waals surface area (Å²) >= 11 is 0. The van der Waals surface area contributed by atoms with Gasteiger partial charge in [0, 0.05) is 19.4 Å². The third kappa shape index (κ3) is 1.96. The standard InChI is InChI=1S/C12H15NO2/c1-13-8-7-10-9(5-6-12(14)15)3-2-4-11(10)13/h2-4,7-8,10-11H,5-6H2,1H3,(H,14,15). The van der Waals surface area contributed by atoms with E-state index in [9.17, 15) is 4.79 Å². The molecule has 0 amide bonds. The van der Waals surface area contributed by atoms with Crippen LogP contribution in [0.4, 0.5) is 0 Å². The predicted octanol–water partition coefficient (Wildman–Crippen LogP) is 1.79. The number of fused-ring (bicyclic) bond motifs is 1. The molecular weight excluding hydrogens is 190 g/mol. The summed E-state index contributed by atoms with van der Waals surface area (Å²) in [5.41, 5.74) is 1.23. The first-order valence-electron chi connectivity index (χ1n) is 5.18. The predicted molar refractivity (Wildman–Crippen MR) is 58.3 cm³/mol. The van der Waals surface area contributed by atoms with Crippen LogP contribution in [0.25, 0.3) is 0 Å². The van der Waals surface area contributed by atoms with E-state index in [-0.39, 0.29) is 6.42 Å². The van der Waals surface area contributed by atoms with E-state index in [1.54, 1.807) is 0 Å². The van der Waals surface area contributed by atoms with E-state index in [4.69, 9.17) is 5.11 Å². The summed E-state index contributed by atoms with van der Waals surface area (Å²) < 4.78 is 0. The number of nitrogens with zero attached hydrogens (tertiary/aromatic N) is 1. The molecule has 2 atom stereocenters. The monoisotopic (exact) mass is 205 g/mol. The second kappa shape index (κ2) is 3.93. The molecule has 0 spiro atoms. The van der Waals surface area contributed by atoms with Crippen molar-refractivity contribution in [3.05, 3.63) is 36.1 Å². The highest BCUT2D eigenvalue weighted by molar-refractivity contribution is 5.67. The number of allylic oxidation sites excluding steroid dienone is 2. The summed E-state index contributed by atoms with van der Waals surface area (Å²) in [6.45, 7) is 0. The lowest BCUT2D eigenvalue weighted by atomic mass is 9.86. The van der Waals surface area contributed by atoms with Crippen LogP contribution < -0.4 is 0 Å². The molecule has 3 heteroatoms. The molecule has 0 saturated carbocycles. The van der Waals surface area contributed by atoms with Crippen LogP contribution in [0.1, 0.15) is 12.8 Å². The average Bonchev–Trinajstić information content (AvgIpc) is 2.58. The molecule has 1 heterocycles. The number of aliphatic carboxylic acids is 1. The Morgan fingerprint density at radius 3 is 3.07 bits per heavy atom. The highest BCUT2D eigenvalue weighted by Crippen LogP contribution is 2.32. The SMILES string of the molecule is CN1C=CC2C(CCC(=O)O)=CC=CC21. The van der Waals surface area contributed by atoms with Crippen LogP contribution in [0.2, 0.25) is 0 Å². The third-order valence-corrected chi connectivity index (χ3v) is 3.04. The van der Waals surface area contributed by atoms with Crippen LogP contribution in [0.5, 0.6) is 0 Å². The van der Waals surface area contributed by atoms with Crippen LogP contribution in [0.15, 0.2) is 36.1 Å². The molecule has 2 unspecified atom stereocenters. The fourth-order valence-corrected chi connectivity index (χ4v) is 2.20. The second-order valence-electron chi connectivity index (χ2n) is 4.04. The van der Waals surface area contributed by atoms with Crippen molar-refractivity contribution in [3.8, 4) is 0 Å². The van der Waals surface area contributed by atoms with Gasteiger partial charge in [-0.3, -0.25) is 4.79 Å². The Hall–Kier alpha value is -1.51. The molecule has 1 aliphatic carbocycles. The summed E-state index contributed by atoms with van der Waals surface area (Å²) in [7, 11) is 2.05. The molecule has 0 saturated heterocycles. The maximum absolute atomic E-state index is 10.5. The normalized spacial score (nSPS) is 27.8. The van der Waals surface area contributed by atoms with Crippen LogP contribution in [-0.2, 0) is 4.79 Å². The summed E-state index contributed by atoms with van der Waals surface area (Å²) in [5.74, 6) is -0.350. The first-order chi connectivity index (χ1) is 7.18. The van der Waals surface area contributed by atoms with Crippen LogP contribution in [0, 0.1) is 5.92 Å². The van der Waals surface area contributed by atoms with Gasteiger partial charge in [0.2, 0.25) is 0 Å². The van der Waals surface area contributed by atoms with E-state index in [2.05, 4.69) is 23.3 Å². The van der Waals surface area contributed by atoms with E-state index in [1.807, 2.05) is 19.2 Å². The lowest BCUT2D eigenvalue weighted by Gasteiger charge is -2.27. The van der Waals surface area contributed by atoms with Crippen molar-refractivity contribution in [2.24, 2.45) is 5.92 Å². The van der Waals surface area contributed by atoms with Gasteiger partial charge >= 0.3 is 5.97 Å². The smallest absolute Gasteiger partial charge is 0.303 e. The van der Waals surface area contributed by atoms with E-state index < -0.39 is 5.97 Å². The Labute approximate surface area is 89.4 Å². The van der Waals surface area contributed by atoms with E-state index in [0.717, 1.165) is 0 Å². The van der Waals surface area contributed by atoms with Gasteiger partial charge in [-0.25, -0.2) is 0 Å². The lowest BCUT2D eigenvalue weighted by molar-refractivity contribution is -0.136. The minimum atomic E-state index is -0.725. The number of carboxylic acid groups (broad SMARTS) is 1.